The minimum atomic E-state index is -0.367. The number of rotatable bonds is 1. The number of benzene rings is 1. The first-order valence-electron chi connectivity index (χ1n) is 4.77. The van der Waals surface area contributed by atoms with E-state index < -0.39 is 0 Å². The predicted octanol–water partition coefficient (Wildman–Crippen LogP) is 2.98. The number of pyridine rings is 1. The molecule has 16 heavy (non-hydrogen) atoms. The molecule has 1 heterocycles. The number of halogens is 1. The summed E-state index contributed by atoms with van der Waals surface area (Å²) in [4.78, 5) is 15.8. The number of methoxy groups -OCH3 is 1. The maximum Gasteiger partial charge on any atom is 0.338 e. The first-order chi connectivity index (χ1) is 7.63. The van der Waals surface area contributed by atoms with Gasteiger partial charge < -0.3 is 4.74 Å². The van der Waals surface area contributed by atoms with E-state index in [1.54, 1.807) is 18.2 Å². The van der Waals surface area contributed by atoms with Crippen molar-refractivity contribution in [2.75, 3.05) is 7.11 Å². The Morgan fingerprint density at radius 3 is 2.75 bits per heavy atom. The van der Waals surface area contributed by atoms with Crippen molar-refractivity contribution < 1.29 is 9.53 Å². The summed E-state index contributed by atoms with van der Waals surface area (Å²) in [6.07, 6.45) is 0. The fourth-order valence-electron chi connectivity index (χ4n) is 1.62. The lowest BCUT2D eigenvalue weighted by molar-refractivity contribution is 0.0603. The van der Waals surface area contributed by atoms with Gasteiger partial charge in [0.25, 0.3) is 0 Å². The summed E-state index contributed by atoms with van der Waals surface area (Å²) in [7, 11) is 1.36. The van der Waals surface area contributed by atoms with E-state index in [-0.39, 0.29) is 5.97 Å². The second-order valence-electron chi connectivity index (χ2n) is 3.45. The van der Waals surface area contributed by atoms with Gasteiger partial charge in [0, 0.05) is 5.39 Å². The van der Waals surface area contributed by atoms with Crippen molar-refractivity contribution in [3.05, 3.63) is 40.5 Å². The number of esters is 1. The number of aromatic nitrogens is 1. The molecule has 0 aliphatic rings. The third-order valence-electron chi connectivity index (χ3n) is 2.43. The molecule has 1 aromatic heterocycles. The maximum absolute atomic E-state index is 11.5. The fraction of sp³-hybridized carbons (Fsp3) is 0.167. The van der Waals surface area contributed by atoms with E-state index >= 15 is 0 Å². The molecule has 4 heteroatoms. The van der Waals surface area contributed by atoms with Gasteiger partial charge in [-0.3, -0.25) is 0 Å². The maximum atomic E-state index is 11.5. The Balaban J connectivity index is 2.79. The van der Waals surface area contributed by atoms with Gasteiger partial charge in [-0.2, -0.15) is 0 Å². The number of hydrogen-bond acceptors (Lipinski definition) is 3. The molecule has 1 aromatic carbocycles. The number of hydrogen-bond donors (Lipinski definition) is 0. The average Bonchev–Trinajstić information content (AvgIpc) is 2.29. The summed E-state index contributed by atoms with van der Waals surface area (Å²) in [5.74, 6) is -0.367. The summed E-state index contributed by atoms with van der Waals surface area (Å²) in [5.41, 5.74) is 2.22. The minimum Gasteiger partial charge on any atom is -0.465 e. The molecule has 3 nitrogen and oxygen atoms in total. The second kappa shape index (κ2) is 4.10. The molecule has 0 fully saturated rings. The Hall–Kier alpha value is -1.61. The first-order valence-corrected chi connectivity index (χ1v) is 5.15. The molecule has 0 spiro atoms. The summed E-state index contributed by atoms with van der Waals surface area (Å²) >= 11 is 5.83. The van der Waals surface area contributed by atoms with Crippen molar-refractivity contribution in [2.45, 2.75) is 6.92 Å². The van der Waals surface area contributed by atoms with Crippen LogP contribution in [0.15, 0.2) is 24.3 Å². The molecule has 0 radical (unpaired) electrons. The molecule has 0 bridgehead atoms. The van der Waals surface area contributed by atoms with Crippen LogP contribution in [0.3, 0.4) is 0 Å². The Morgan fingerprint density at radius 1 is 1.31 bits per heavy atom. The molecule has 0 saturated carbocycles. The number of carbonyl (C=O) groups is 1. The fourth-order valence-corrected chi connectivity index (χ4v) is 1.77. The van der Waals surface area contributed by atoms with Crippen LogP contribution in [0.25, 0.3) is 10.9 Å². The van der Waals surface area contributed by atoms with Crippen LogP contribution in [-0.2, 0) is 4.74 Å². The van der Waals surface area contributed by atoms with Crippen LogP contribution in [0.4, 0.5) is 0 Å². The van der Waals surface area contributed by atoms with Crippen LogP contribution in [0.5, 0.6) is 0 Å². The predicted molar refractivity (Wildman–Crippen MR) is 62.8 cm³/mol. The summed E-state index contributed by atoms with van der Waals surface area (Å²) in [6, 6.07) is 7.01. The average molecular weight is 236 g/mol. The Morgan fingerprint density at radius 2 is 2.06 bits per heavy atom. The van der Waals surface area contributed by atoms with Gasteiger partial charge in [-0.15, -0.1) is 0 Å². The highest BCUT2D eigenvalue weighted by Crippen LogP contribution is 2.23. The Labute approximate surface area is 98.0 Å². The highest BCUT2D eigenvalue weighted by atomic mass is 35.5. The van der Waals surface area contributed by atoms with Gasteiger partial charge in [-0.05, 0) is 30.7 Å². The topological polar surface area (TPSA) is 39.2 Å². The normalized spacial score (nSPS) is 10.4. The van der Waals surface area contributed by atoms with Crippen LogP contribution in [0.2, 0.25) is 5.15 Å². The van der Waals surface area contributed by atoms with Gasteiger partial charge in [0.15, 0.2) is 0 Å². The van der Waals surface area contributed by atoms with Crippen molar-refractivity contribution in [2.24, 2.45) is 0 Å². The lowest BCUT2D eigenvalue weighted by Crippen LogP contribution is -2.03. The third kappa shape index (κ3) is 1.74. The highest BCUT2D eigenvalue weighted by molar-refractivity contribution is 6.29. The van der Waals surface area contributed by atoms with E-state index in [1.165, 1.54) is 7.11 Å². The van der Waals surface area contributed by atoms with Gasteiger partial charge >= 0.3 is 5.97 Å². The summed E-state index contributed by atoms with van der Waals surface area (Å²) < 4.78 is 4.71. The minimum absolute atomic E-state index is 0.367. The number of aryl methyl sites for hydroxylation is 1. The quantitative estimate of drug-likeness (QED) is 0.564. The van der Waals surface area contributed by atoms with E-state index in [0.717, 1.165) is 16.5 Å². The van der Waals surface area contributed by atoms with Crippen molar-refractivity contribution >= 4 is 28.5 Å². The van der Waals surface area contributed by atoms with E-state index in [2.05, 4.69) is 4.98 Å². The van der Waals surface area contributed by atoms with Gasteiger partial charge in [0.1, 0.15) is 5.15 Å². The van der Waals surface area contributed by atoms with Crippen LogP contribution in [0, 0.1) is 6.92 Å². The molecule has 0 N–H and O–H groups in total. The zero-order chi connectivity index (χ0) is 11.7. The van der Waals surface area contributed by atoms with Crippen LogP contribution < -0.4 is 0 Å². The van der Waals surface area contributed by atoms with Crippen LogP contribution in [0.1, 0.15) is 15.9 Å². The zero-order valence-corrected chi connectivity index (χ0v) is 9.71. The number of ether oxygens (including phenoxy) is 1. The van der Waals surface area contributed by atoms with Crippen LogP contribution >= 0.6 is 11.6 Å². The molecule has 2 rings (SSSR count). The summed E-state index contributed by atoms with van der Waals surface area (Å²) in [5, 5.41) is 1.17. The standard InChI is InChI=1S/C12H10ClNO2/c1-7-3-4-9(12(15)16-2)8-5-6-10(13)14-11(7)8/h3-6H,1-2H3. The van der Waals surface area contributed by atoms with Gasteiger partial charge in [-0.25, -0.2) is 9.78 Å². The van der Waals surface area contributed by atoms with E-state index in [0.29, 0.717) is 10.7 Å². The van der Waals surface area contributed by atoms with Gasteiger partial charge in [0.05, 0.1) is 18.2 Å². The SMILES string of the molecule is COC(=O)c1ccc(C)c2nc(Cl)ccc12. The zero-order valence-electron chi connectivity index (χ0n) is 8.95. The van der Waals surface area contributed by atoms with Gasteiger partial charge in [-0.1, -0.05) is 17.7 Å². The second-order valence-corrected chi connectivity index (χ2v) is 3.84. The smallest absolute Gasteiger partial charge is 0.338 e. The van der Waals surface area contributed by atoms with Crippen molar-refractivity contribution in [3.63, 3.8) is 0 Å². The molecule has 0 atom stereocenters. The highest BCUT2D eigenvalue weighted by Gasteiger charge is 2.12. The lowest BCUT2D eigenvalue weighted by atomic mass is 10.0. The number of fused-ring (bicyclic) bond motifs is 1. The molecular formula is C12H10ClNO2. The monoisotopic (exact) mass is 235 g/mol. The number of nitrogens with zero attached hydrogens (tertiary/aromatic N) is 1. The Bertz CT molecular complexity index is 566. The molecule has 0 amide bonds. The van der Waals surface area contributed by atoms with Crippen molar-refractivity contribution in [1.82, 2.24) is 4.98 Å². The number of carbonyl (C=O) groups excluding carboxylic acids is 1. The molecule has 0 aliphatic carbocycles. The Kier molecular flexibility index (Phi) is 2.79. The molecule has 0 saturated heterocycles. The van der Waals surface area contributed by atoms with E-state index in [9.17, 15) is 4.79 Å². The molecule has 2 aromatic rings. The van der Waals surface area contributed by atoms with Gasteiger partial charge in [0.2, 0.25) is 0 Å². The lowest BCUT2D eigenvalue weighted by Gasteiger charge is -2.06. The first kappa shape index (κ1) is 10.9. The third-order valence-corrected chi connectivity index (χ3v) is 2.64. The molecule has 82 valence electrons. The molecule has 0 aliphatic heterocycles. The van der Waals surface area contributed by atoms with Crippen molar-refractivity contribution in [1.29, 1.82) is 0 Å². The van der Waals surface area contributed by atoms with E-state index in [1.807, 2.05) is 13.0 Å². The van der Waals surface area contributed by atoms with E-state index in [4.69, 9.17) is 16.3 Å². The largest absolute Gasteiger partial charge is 0.465 e. The van der Waals surface area contributed by atoms with Crippen molar-refractivity contribution in [3.8, 4) is 0 Å². The summed E-state index contributed by atoms with van der Waals surface area (Å²) in [6.45, 7) is 1.92. The van der Waals surface area contributed by atoms with Crippen LogP contribution in [-0.4, -0.2) is 18.1 Å². The molecular weight excluding hydrogens is 226 g/mol. The molecule has 0 unspecified atom stereocenters.